The molecule has 0 amide bonds. The van der Waals surface area contributed by atoms with Crippen LogP contribution in [0.1, 0.15) is 30.6 Å². The Hall–Kier alpha value is -2.02. The lowest BCUT2D eigenvalue weighted by molar-refractivity contribution is 0.0818. The number of rotatable bonds is 9. The van der Waals surface area contributed by atoms with Gasteiger partial charge in [0.25, 0.3) is 6.43 Å². The lowest BCUT2D eigenvalue weighted by Gasteiger charge is -2.25. The van der Waals surface area contributed by atoms with Gasteiger partial charge >= 0.3 is 0 Å². The Balaban J connectivity index is 0.00000341. The van der Waals surface area contributed by atoms with Crippen LogP contribution in [0.25, 0.3) is 0 Å². The van der Waals surface area contributed by atoms with E-state index >= 15 is 0 Å². The molecule has 1 aliphatic heterocycles. The van der Waals surface area contributed by atoms with Crippen molar-refractivity contribution in [3.8, 4) is 5.75 Å². The Morgan fingerprint density at radius 2 is 2.23 bits per heavy atom. The van der Waals surface area contributed by atoms with Crippen LogP contribution in [0.4, 0.5) is 8.78 Å². The average molecular weight is 550 g/mol. The largest absolute Gasteiger partial charge is 0.488 e. The van der Waals surface area contributed by atoms with Gasteiger partial charge in [0.1, 0.15) is 24.8 Å². The van der Waals surface area contributed by atoms with E-state index in [4.69, 9.17) is 9.47 Å². The quantitative estimate of drug-likeness (QED) is 0.284. The minimum atomic E-state index is -2.50. The number of nitrogens with one attached hydrogen (secondary N) is 2. The number of aryl methyl sites for hydroxylation is 1. The Kier molecular flexibility index (Phi) is 10.4. The zero-order valence-electron chi connectivity index (χ0n) is 17.7. The lowest BCUT2D eigenvalue weighted by atomic mass is 10.1. The predicted octanol–water partition coefficient (Wildman–Crippen LogP) is 2.76. The maximum Gasteiger partial charge on any atom is 0.272 e. The molecular weight excluding hydrogens is 521 g/mol. The number of aliphatic imine (C=N–C) groups is 1. The summed E-state index contributed by atoms with van der Waals surface area (Å²) >= 11 is 0. The maximum atomic E-state index is 12.3. The summed E-state index contributed by atoms with van der Waals surface area (Å²) in [6.45, 7) is 3.62. The van der Waals surface area contributed by atoms with Gasteiger partial charge in [-0.05, 0) is 31.0 Å². The van der Waals surface area contributed by atoms with Gasteiger partial charge in [0, 0.05) is 26.1 Å². The molecule has 0 fully saturated rings. The molecule has 1 aromatic carbocycles. The molecular formula is C20H29F2IN6O2. The molecule has 2 heterocycles. The second-order valence-corrected chi connectivity index (χ2v) is 6.98. The molecule has 0 bridgehead atoms. The van der Waals surface area contributed by atoms with E-state index in [0.717, 1.165) is 30.8 Å². The molecule has 11 heteroatoms. The number of guanidine groups is 1. The molecule has 1 aromatic heterocycles. The standard InChI is InChI=1S/C20H28F2N6O2.HI/c1-3-23-20(24-10-14-5-4-6-16(9-14)30-12-17(21)22)25-15-7-8-19-26-18(13-29-2)27-28(19)11-15;/h4-6,9,15,17H,3,7-8,10-13H2,1-2H3,(H2,23,24,25);1H. The summed E-state index contributed by atoms with van der Waals surface area (Å²) < 4.78 is 36.8. The van der Waals surface area contributed by atoms with Crippen molar-refractivity contribution in [2.75, 3.05) is 20.3 Å². The second kappa shape index (κ2) is 12.7. The van der Waals surface area contributed by atoms with Gasteiger partial charge in [-0.2, -0.15) is 5.10 Å². The maximum absolute atomic E-state index is 12.3. The molecule has 2 aromatic rings. The molecule has 3 rings (SSSR count). The molecule has 172 valence electrons. The molecule has 31 heavy (non-hydrogen) atoms. The highest BCUT2D eigenvalue weighted by Crippen LogP contribution is 2.16. The zero-order chi connectivity index (χ0) is 21.3. The van der Waals surface area contributed by atoms with Crippen LogP contribution in [-0.2, 0) is 30.9 Å². The highest BCUT2D eigenvalue weighted by atomic mass is 127. The zero-order valence-corrected chi connectivity index (χ0v) is 20.0. The summed E-state index contributed by atoms with van der Waals surface area (Å²) in [7, 11) is 1.63. The first-order chi connectivity index (χ1) is 14.6. The Bertz CT molecular complexity index is 849. The minimum Gasteiger partial charge on any atom is -0.488 e. The number of alkyl halides is 2. The van der Waals surface area contributed by atoms with Gasteiger partial charge in [-0.25, -0.2) is 23.4 Å². The van der Waals surface area contributed by atoms with E-state index in [1.807, 2.05) is 17.7 Å². The van der Waals surface area contributed by atoms with Crippen LogP contribution < -0.4 is 15.4 Å². The van der Waals surface area contributed by atoms with Gasteiger partial charge in [-0.1, -0.05) is 12.1 Å². The molecule has 0 spiro atoms. The third kappa shape index (κ3) is 7.87. The Morgan fingerprint density at radius 3 is 2.97 bits per heavy atom. The van der Waals surface area contributed by atoms with Crippen molar-refractivity contribution in [3.63, 3.8) is 0 Å². The average Bonchev–Trinajstić information content (AvgIpc) is 3.13. The van der Waals surface area contributed by atoms with Crippen molar-refractivity contribution in [3.05, 3.63) is 41.5 Å². The lowest BCUT2D eigenvalue weighted by Crippen LogP contribution is -2.47. The van der Waals surface area contributed by atoms with E-state index < -0.39 is 13.0 Å². The summed E-state index contributed by atoms with van der Waals surface area (Å²) in [5.41, 5.74) is 0.880. The Labute approximate surface area is 197 Å². The highest BCUT2D eigenvalue weighted by molar-refractivity contribution is 14.0. The van der Waals surface area contributed by atoms with Crippen LogP contribution >= 0.6 is 24.0 Å². The number of halogens is 3. The number of fused-ring (bicyclic) bond motifs is 1. The fourth-order valence-electron chi connectivity index (χ4n) is 3.25. The molecule has 2 N–H and O–H groups in total. The summed E-state index contributed by atoms with van der Waals surface area (Å²) in [4.78, 5) is 9.13. The Morgan fingerprint density at radius 1 is 1.39 bits per heavy atom. The highest BCUT2D eigenvalue weighted by Gasteiger charge is 2.22. The summed E-state index contributed by atoms with van der Waals surface area (Å²) in [6.07, 6.45) is -0.744. The van der Waals surface area contributed by atoms with Gasteiger partial charge < -0.3 is 20.1 Å². The molecule has 0 radical (unpaired) electrons. The van der Waals surface area contributed by atoms with Crippen LogP contribution in [0.15, 0.2) is 29.3 Å². The molecule has 1 aliphatic rings. The van der Waals surface area contributed by atoms with E-state index in [2.05, 4.69) is 25.7 Å². The first-order valence-electron chi connectivity index (χ1n) is 10.0. The van der Waals surface area contributed by atoms with Crippen LogP contribution in [0, 0.1) is 0 Å². The van der Waals surface area contributed by atoms with Crippen molar-refractivity contribution in [2.24, 2.45) is 4.99 Å². The molecule has 1 unspecified atom stereocenters. The number of aromatic nitrogens is 3. The number of nitrogens with zero attached hydrogens (tertiary/aromatic N) is 4. The van der Waals surface area contributed by atoms with Crippen molar-refractivity contribution in [2.45, 2.75) is 51.9 Å². The third-order valence-electron chi connectivity index (χ3n) is 4.55. The second-order valence-electron chi connectivity index (χ2n) is 6.98. The van der Waals surface area contributed by atoms with Gasteiger partial charge in [-0.15, -0.1) is 24.0 Å². The number of benzene rings is 1. The van der Waals surface area contributed by atoms with Gasteiger partial charge in [0.2, 0.25) is 0 Å². The molecule has 8 nitrogen and oxygen atoms in total. The predicted molar refractivity (Wildman–Crippen MR) is 124 cm³/mol. The first kappa shape index (κ1) is 25.2. The van der Waals surface area contributed by atoms with Crippen LogP contribution in [0.5, 0.6) is 5.75 Å². The van der Waals surface area contributed by atoms with E-state index in [0.29, 0.717) is 37.2 Å². The van der Waals surface area contributed by atoms with Crippen LogP contribution in [-0.4, -0.2) is 53.5 Å². The third-order valence-corrected chi connectivity index (χ3v) is 4.55. The van der Waals surface area contributed by atoms with E-state index in [-0.39, 0.29) is 30.0 Å². The van der Waals surface area contributed by atoms with Gasteiger partial charge in [-0.3, -0.25) is 0 Å². The fraction of sp³-hybridized carbons (Fsp3) is 0.550. The van der Waals surface area contributed by atoms with Crippen molar-refractivity contribution in [1.29, 1.82) is 0 Å². The van der Waals surface area contributed by atoms with Gasteiger partial charge in [0.05, 0.1) is 13.1 Å². The monoisotopic (exact) mass is 550 g/mol. The molecule has 0 saturated heterocycles. The fourth-order valence-corrected chi connectivity index (χ4v) is 3.25. The normalized spacial score (nSPS) is 15.9. The molecule has 0 saturated carbocycles. The van der Waals surface area contributed by atoms with Gasteiger partial charge in [0.15, 0.2) is 11.8 Å². The van der Waals surface area contributed by atoms with Crippen LogP contribution in [0.2, 0.25) is 0 Å². The molecule has 1 atom stereocenters. The van der Waals surface area contributed by atoms with E-state index in [1.54, 1.807) is 25.3 Å². The smallest absolute Gasteiger partial charge is 0.272 e. The van der Waals surface area contributed by atoms with Crippen molar-refractivity contribution in [1.82, 2.24) is 25.4 Å². The summed E-state index contributed by atoms with van der Waals surface area (Å²) in [5.74, 6) is 2.78. The number of ether oxygens (including phenoxy) is 2. The molecule has 0 aliphatic carbocycles. The number of hydrogen-bond donors (Lipinski definition) is 2. The topological polar surface area (TPSA) is 85.6 Å². The van der Waals surface area contributed by atoms with Crippen LogP contribution in [0.3, 0.4) is 0 Å². The van der Waals surface area contributed by atoms with E-state index in [1.165, 1.54) is 0 Å². The van der Waals surface area contributed by atoms with Crippen molar-refractivity contribution < 1.29 is 18.3 Å². The first-order valence-corrected chi connectivity index (χ1v) is 10.0. The summed E-state index contributed by atoms with van der Waals surface area (Å²) in [5, 5.41) is 11.2. The minimum absolute atomic E-state index is 0. The summed E-state index contributed by atoms with van der Waals surface area (Å²) in [6, 6.07) is 7.23. The van der Waals surface area contributed by atoms with E-state index in [9.17, 15) is 8.78 Å². The number of methoxy groups -OCH3 is 1. The van der Waals surface area contributed by atoms with Crippen molar-refractivity contribution >= 4 is 29.9 Å². The SMILES string of the molecule is CCNC(=NCc1cccc(OCC(F)F)c1)NC1CCc2nc(COC)nn2C1.I. The number of hydrogen-bond acceptors (Lipinski definition) is 5.